The van der Waals surface area contributed by atoms with Crippen molar-refractivity contribution >= 4 is 12.1 Å². The zero-order valence-electron chi connectivity index (χ0n) is 20.2. The van der Waals surface area contributed by atoms with E-state index in [4.69, 9.17) is 23.7 Å². The van der Waals surface area contributed by atoms with Crippen LogP contribution in [0.1, 0.15) is 50.8 Å². The highest BCUT2D eigenvalue weighted by Gasteiger charge is 2.51. The summed E-state index contributed by atoms with van der Waals surface area (Å²) >= 11 is 0. The van der Waals surface area contributed by atoms with Crippen LogP contribution in [0.3, 0.4) is 0 Å². The van der Waals surface area contributed by atoms with Crippen LogP contribution in [0.2, 0.25) is 0 Å². The summed E-state index contributed by atoms with van der Waals surface area (Å²) in [7, 11) is 1.59. The Kier molecular flexibility index (Phi) is 6.59. The maximum atomic E-state index is 13.3. The summed E-state index contributed by atoms with van der Waals surface area (Å²) in [5, 5.41) is 0. The quantitative estimate of drug-likeness (QED) is 0.588. The maximum Gasteiger partial charge on any atom is 0.410 e. The van der Waals surface area contributed by atoms with Gasteiger partial charge in [-0.15, -0.1) is 0 Å². The second-order valence-electron chi connectivity index (χ2n) is 9.35. The number of nitrogens with zero attached hydrogens (tertiary/aromatic N) is 1. The van der Waals surface area contributed by atoms with Gasteiger partial charge in [-0.05, 0) is 63.1 Å². The number of amides is 1. The molecule has 8 heteroatoms. The molecule has 2 heterocycles. The Morgan fingerprint density at radius 1 is 1.03 bits per heavy atom. The van der Waals surface area contributed by atoms with Gasteiger partial charge in [0.25, 0.3) is 0 Å². The van der Waals surface area contributed by atoms with Crippen LogP contribution in [0.5, 0.6) is 17.2 Å². The van der Waals surface area contributed by atoms with Crippen molar-refractivity contribution in [1.29, 1.82) is 0 Å². The van der Waals surface area contributed by atoms with Crippen molar-refractivity contribution in [2.45, 2.75) is 45.3 Å². The van der Waals surface area contributed by atoms with Crippen LogP contribution in [0.4, 0.5) is 4.79 Å². The van der Waals surface area contributed by atoms with Crippen molar-refractivity contribution in [3.63, 3.8) is 0 Å². The van der Waals surface area contributed by atoms with Gasteiger partial charge in [-0.2, -0.15) is 0 Å². The number of benzene rings is 2. The first-order chi connectivity index (χ1) is 16.2. The molecule has 0 saturated carbocycles. The van der Waals surface area contributed by atoms with E-state index in [0.29, 0.717) is 17.2 Å². The predicted molar refractivity (Wildman–Crippen MR) is 124 cm³/mol. The van der Waals surface area contributed by atoms with Crippen molar-refractivity contribution in [2.75, 3.05) is 27.1 Å². The molecule has 2 aliphatic heterocycles. The molecule has 8 nitrogen and oxygen atoms in total. The molecule has 34 heavy (non-hydrogen) atoms. The highest BCUT2D eigenvalue weighted by atomic mass is 16.7. The van der Waals surface area contributed by atoms with E-state index in [1.807, 2.05) is 63.2 Å². The molecule has 2 aromatic carbocycles. The van der Waals surface area contributed by atoms with Crippen LogP contribution in [0, 0.1) is 5.92 Å². The van der Waals surface area contributed by atoms with Gasteiger partial charge >= 0.3 is 12.1 Å². The average molecular weight is 470 g/mol. The van der Waals surface area contributed by atoms with E-state index >= 15 is 0 Å². The van der Waals surface area contributed by atoms with Crippen LogP contribution in [0.15, 0.2) is 42.5 Å². The molecule has 0 spiro atoms. The molecule has 1 amide bonds. The van der Waals surface area contributed by atoms with Gasteiger partial charge in [0, 0.05) is 12.5 Å². The minimum absolute atomic E-state index is 0.156. The van der Waals surface area contributed by atoms with Crippen molar-refractivity contribution in [2.24, 2.45) is 5.92 Å². The van der Waals surface area contributed by atoms with E-state index < -0.39 is 23.7 Å². The Labute approximate surface area is 199 Å². The maximum absolute atomic E-state index is 13.3. The molecule has 0 radical (unpaired) electrons. The first-order valence-corrected chi connectivity index (χ1v) is 11.4. The third kappa shape index (κ3) is 4.76. The zero-order chi connectivity index (χ0) is 24.5. The number of rotatable bonds is 5. The number of fused-ring (bicyclic) bond motifs is 1. The fourth-order valence-corrected chi connectivity index (χ4v) is 4.54. The zero-order valence-corrected chi connectivity index (χ0v) is 20.2. The normalized spacial score (nSPS) is 21.3. The third-order valence-corrected chi connectivity index (χ3v) is 5.97. The Hall–Kier alpha value is -3.42. The number of hydrogen-bond donors (Lipinski definition) is 0. The number of esters is 1. The van der Waals surface area contributed by atoms with E-state index in [-0.39, 0.29) is 31.8 Å². The number of carbonyl (C=O) groups excluding carboxylic acids is 2. The van der Waals surface area contributed by atoms with Crippen LogP contribution in [0.25, 0.3) is 0 Å². The Bertz CT molecular complexity index is 1040. The smallest absolute Gasteiger partial charge is 0.410 e. The molecule has 0 unspecified atom stereocenters. The van der Waals surface area contributed by atoms with E-state index in [9.17, 15) is 9.59 Å². The highest BCUT2D eigenvalue weighted by Crippen LogP contribution is 2.48. The van der Waals surface area contributed by atoms with Gasteiger partial charge in [-0.25, -0.2) is 4.79 Å². The minimum atomic E-state index is -0.683. The second kappa shape index (κ2) is 9.44. The molecule has 0 bridgehead atoms. The van der Waals surface area contributed by atoms with Crippen LogP contribution < -0.4 is 14.2 Å². The third-order valence-electron chi connectivity index (χ3n) is 5.97. The minimum Gasteiger partial charge on any atom is -0.497 e. The SMILES string of the molecule is CCOC(=O)[C@H]1[C@@H](c2ccc3c(c2)OCO3)CN(C(=O)OC(C)(C)C)[C@H]1c1ccc(OC)cc1. The number of carbonyl (C=O) groups is 2. The molecule has 1 fully saturated rings. The standard InChI is InChI=1S/C26H31NO7/c1-6-31-24(28)22-19(17-9-12-20-21(13-17)33-15-32-20)14-27(25(29)34-26(2,3)4)23(22)16-7-10-18(30-5)11-8-16/h7-13,19,22-23H,6,14-15H2,1-5H3/t19-,22+,23+/m1/s1. The van der Waals surface area contributed by atoms with Gasteiger partial charge < -0.3 is 23.7 Å². The number of ether oxygens (including phenoxy) is 5. The lowest BCUT2D eigenvalue weighted by Crippen LogP contribution is -2.38. The Morgan fingerprint density at radius 2 is 1.71 bits per heavy atom. The number of hydrogen-bond acceptors (Lipinski definition) is 7. The molecule has 0 N–H and O–H groups in total. The van der Waals surface area contributed by atoms with Gasteiger partial charge in [-0.1, -0.05) is 18.2 Å². The topological polar surface area (TPSA) is 83.5 Å². The molecule has 0 aliphatic carbocycles. The molecule has 3 atom stereocenters. The van der Waals surface area contributed by atoms with Crippen molar-refractivity contribution in [3.05, 3.63) is 53.6 Å². The first-order valence-electron chi connectivity index (χ1n) is 11.4. The Balaban J connectivity index is 1.79. The van der Waals surface area contributed by atoms with E-state index in [1.54, 1.807) is 18.9 Å². The van der Waals surface area contributed by atoms with Gasteiger partial charge in [0.1, 0.15) is 11.4 Å². The monoisotopic (exact) mass is 469 g/mol. The summed E-state index contributed by atoms with van der Waals surface area (Å²) < 4.78 is 27.5. The largest absolute Gasteiger partial charge is 0.497 e. The van der Waals surface area contributed by atoms with E-state index in [2.05, 4.69) is 0 Å². The molecule has 2 aliphatic rings. The Morgan fingerprint density at radius 3 is 2.35 bits per heavy atom. The molecule has 2 aromatic rings. The van der Waals surface area contributed by atoms with Crippen LogP contribution >= 0.6 is 0 Å². The molecule has 4 rings (SSSR count). The van der Waals surface area contributed by atoms with Gasteiger partial charge in [0.05, 0.1) is 25.7 Å². The second-order valence-corrected chi connectivity index (χ2v) is 9.35. The molecule has 1 saturated heterocycles. The molecule has 0 aromatic heterocycles. The summed E-state index contributed by atoms with van der Waals surface area (Å²) in [5.74, 6) is 0.638. The van der Waals surface area contributed by atoms with Gasteiger partial charge in [0.15, 0.2) is 11.5 Å². The lowest BCUT2D eigenvalue weighted by molar-refractivity contribution is -0.149. The highest BCUT2D eigenvalue weighted by molar-refractivity contribution is 5.79. The molecular formula is C26H31NO7. The van der Waals surface area contributed by atoms with E-state index in [1.165, 1.54) is 0 Å². The number of methoxy groups -OCH3 is 1. The van der Waals surface area contributed by atoms with E-state index in [0.717, 1.165) is 11.1 Å². The van der Waals surface area contributed by atoms with Gasteiger partial charge in [-0.3, -0.25) is 9.69 Å². The van der Waals surface area contributed by atoms with Crippen molar-refractivity contribution < 1.29 is 33.3 Å². The summed E-state index contributed by atoms with van der Waals surface area (Å²) in [6, 6.07) is 12.4. The lowest BCUT2D eigenvalue weighted by Gasteiger charge is -2.30. The van der Waals surface area contributed by atoms with Crippen molar-refractivity contribution in [1.82, 2.24) is 4.90 Å². The van der Waals surface area contributed by atoms with Crippen LogP contribution in [-0.2, 0) is 14.3 Å². The van der Waals surface area contributed by atoms with Gasteiger partial charge in [0.2, 0.25) is 6.79 Å². The fourth-order valence-electron chi connectivity index (χ4n) is 4.54. The van der Waals surface area contributed by atoms with Crippen molar-refractivity contribution in [3.8, 4) is 17.2 Å². The molecular weight excluding hydrogens is 438 g/mol. The summed E-state index contributed by atoms with van der Waals surface area (Å²) in [6.45, 7) is 7.92. The summed E-state index contributed by atoms with van der Waals surface area (Å²) in [5.41, 5.74) is 0.984. The lowest BCUT2D eigenvalue weighted by atomic mass is 9.82. The average Bonchev–Trinajstić information content (AvgIpc) is 3.42. The number of likely N-dealkylation sites (tertiary alicyclic amines) is 1. The summed E-state index contributed by atoms with van der Waals surface area (Å²) in [6.07, 6.45) is -0.481. The predicted octanol–water partition coefficient (Wildman–Crippen LogP) is 4.68. The fraction of sp³-hybridized carbons (Fsp3) is 0.462. The summed E-state index contributed by atoms with van der Waals surface area (Å²) in [4.78, 5) is 28.3. The first kappa shape index (κ1) is 23.7. The molecule has 182 valence electrons. The van der Waals surface area contributed by atoms with Crippen LogP contribution in [-0.4, -0.2) is 49.6 Å².